The van der Waals surface area contributed by atoms with E-state index >= 15 is 0 Å². The molecule has 115 valence electrons. The van der Waals surface area contributed by atoms with Crippen LogP contribution in [0.3, 0.4) is 0 Å². The first-order valence-electron chi connectivity index (χ1n) is 6.91. The SMILES string of the molecule is CCOc1c[c]cc(OCC)c1-c1ccc(C(=O)O)c(F)c1. The molecule has 0 amide bonds. The van der Waals surface area contributed by atoms with Gasteiger partial charge in [-0.15, -0.1) is 0 Å². The number of hydrogen-bond donors (Lipinski definition) is 1. The zero-order valence-electron chi connectivity index (χ0n) is 12.4. The third-order valence-corrected chi connectivity index (χ3v) is 3.01. The van der Waals surface area contributed by atoms with Gasteiger partial charge >= 0.3 is 5.97 Å². The van der Waals surface area contributed by atoms with Crippen LogP contribution in [0.25, 0.3) is 11.1 Å². The van der Waals surface area contributed by atoms with Crippen LogP contribution < -0.4 is 9.47 Å². The minimum atomic E-state index is -1.31. The largest absolute Gasteiger partial charge is 0.493 e. The van der Waals surface area contributed by atoms with E-state index < -0.39 is 11.8 Å². The highest BCUT2D eigenvalue weighted by Gasteiger charge is 2.17. The van der Waals surface area contributed by atoms with E-state index in [2.05, 4.69) is 6.07 Å². The zero-order valence-corrected chi connectivity index (χ0v) is 12.4. The Bertz CT molecular complexity index is 658. The summed E-state index contributed by atoms with van der Waals surface area (Å²) in [5.74, 6) is -1.09. The Balaban J connectivity index is 2.59. The molecule has 0 heterocycles. The van der Waals surface area contributed by atoms with Crippen LogP contribution in [0, 0.1) is 11.9 Å². The second-order valence-corrected chi connectivity index (χ2v) is 4.42. The number of rotatable bonds is 6. The van der Waals surface area contributed by atoms with Crippen molar-refractivity contribution >= 4 is 5.97 Å². The van der Waals surface area contributed by atoms with Gasteiger partial charge in [-0.3, -0.25) is 0 Å². The van der Waals surface area contributed by atoms with Crippen LogP contribution in [0.2, 0.25) is 0 Å². The normalized spacial score (nSPS) is 10.3. The molecule has 5 heteroatoms. The molecule has 0 bridgehead atoms. The topological polar surface area (TPSA) is 55.8 Å². The van der Waals surface area contributed by atoms with Gasteiger partial charge in [-0.1, -0.05) is 6.07 Å². The van der Waals surface area contributed by atoms with E-state index in [4.69, 9.17) is 14.6 Å². The molecule has 22 heavy (non-hydrogen) atoms. The third-order valence-electron chi connectivity index (χ3n) is 3.01. The molecule has 1 N–H and O–H groups in total. The van der Waals surface area contributed by atoms with E-state index in [1.807, 2.05) is 13.8 Å². The predicted molar refractivity (Wildman–Crippen MR) is 80.0 cm³/mol. The minimum absolute atomic E-state index is 0.373. The number of aromatic carboxylic acids is 1. The van der Waals surface area contributed by atoms with Gasteiger partial charge in [0.1, 0.15) is 17.3 Å². The highest BCUT2D eigenvalue weighted by atomic mass is 19.1. The number of halogens is 1. The zero-order chi connectivity index (χ0) is 16.1. The molecule has 0 unspecified atom stereocenters. The second kappa shape index (κ2) is 6.93. The van der Waals surface area contributed by atoms with E-state index in [0.717, 1.165) is 0 Å². The molecule has 2 aromatic carbocycles. The highest BCUT2D eigenvalue weighted by molar-refractivity contribution is 5.89. The van der Waals surface area contributed by atoms with Gasteiger partial charge in [-0.05, 0) is 49.7 Å². The Morgan fingerprint density at radius 3 is 2.23 bits per heavy atom. The third kappa shape index (κ3) is 3.19. The van der Waals surface area contributed by atoms with Gasteiger partial charge in [0, 0.05) is 0 Å². The summed E-state index contributed by atoms with van der Waals surface area (Å²) in [4.78, 5) is 10.9. The number of carbonyl (C=O) groups is 1. The summed E-state index contributed by atoms with van der Waals surface area (Å²) in [6.45, 7) is 4.55. The van der Waals surface area contributed by atoms with Crippen molar-refractivity contribution < 1.29 is 23.8 Å². The Kier molecular flexibility index (Phi) is 4.99. The fraction of sp³-hybridized carbons (Fsp3) is 0.235. The number of carboxylic acid groups (broad SMARTS) is 1. The van der Waals surface area contributed by atoms with Crippen molar-refractivity contribution in [3.05, 3.63) is 47.8 Å². The lowest BCUT2D eigenvalue weighted by Gasteiger charge is -2.15. The quantitative estimate of drug-likeness (QED) is 0.882. The fourth-order valence-electron chi connectivity index (χ4n) is 2.13. The van der Waals surface area contributed by atoms with Crippen molar-refractivity contribution in [2.75, 3.05) is 13.2 Å². The maximum atomic E-state index is 14.0. The van der Waals surface area contributed by atoms with Gasteiger partial charge in [0.25, 0.3) is 0 Å². The van der Waals surface area contributed by atoms with Crippen LogP contribution in [0.15, 0.2) is 30.3 Å². The molecule has 0 saturated carbocycles. The first-order valence-corrected chi connectivity index (χ1v) is 6.91. The molecule has 0 aromatic heterocycles. The molecule has 0 saturated heterocycles. The Morgan fingerprint density at radius 2 is 1.77 bits per heavy atom. The average Bonchev–Trinajstić information content (AvgIpc) is 2.47. The number of carboxylic acids is 1. The monoisotopic (exact) mass is 303 g/mol. The molecule has 0 spiro atoms. The standard InChI is InChI=1S/C17H16FO4/c1-3-21-14-6-5-7-15(22-4-2)16(14)11-8-9-12(17(19)20)13(18)10-11/h6-10H,3-4H2,1-2H3,(H,19,20). The summed E-state index contributed by atoms with van der Waals surface area (Å²) in [6, 6.07) is 10.1. The van der Waals surface area contributed by atoms with Gasteiger partial charge in [0.05, 0.1) is 24.3 Å². The lowest BCUT2D eigenvalue weighted by molar-refractivity contribution is 0.0692. The van der Waals surface area contributed by atoms with Crippen molar-refractivity contribution in [2.24, 2.45) is 0 Å². The summed E-state index contributed by atoms with van der Waals surface area (Å²) in [7, 11) is 0. The van der Waals surface area contributed by atoms with Gasteiger partial charge < -0.3 is 14.6 Å². The molecule has 0 fully saturated rings. The van der Waals surface area contributed by atoms with Crippen molar-refractivity contribution in [3.63, 3.8) is 0 Å². The summed E-state index contributed by atoms with van der Waals surface area (Å²) in [6.07, 6.45) is 0. The molecule has 0 atom stereocenters. The summed E-state index contributed by atoms with van der Waals surface area (Å²) < 4.78 is 25.0. The molecule has 1 radical (unpaired) electrons. The number of hydrogen-bond acceptors (Lipinski definition) is 3. The van der Waals surface area contributed by atoms with Crippen LogP contribution in [0.1, 0.15) is 24.2 Å². The number of ether oxygens (including phenoxy) is 2. The maximum absolute atomic E-state index is 14.0. The molecule has 2 rings (SSSR count). The van der Waals surface area contributed by atoms with Gasteiger partial charge in [-0.25, -0.2) is 9.18 Å². The summed E-state index contributed by atoms with van der Waals surface area (Å²) >= 11 is 0. The van der Waals surface area contributed by atoms with Crippen LogP contribution in [0.4, 0.5) is 4.39 Å². The van der Waals surface area contributed by atoms with E-state index in [9.17, 15) is 9.18 Å². The molecule has 0 aliphatic rings. The molecule has 2 aromatic rings. The van der Waals surface area contributed by atoms with Crippen molar-refractivity contribution in [3.8, 4) is 22.6 Å². The van der Waals surface area contributed by atoms with E-state index in [0.29, 0.717) is 35.8 Å². The lowest BCUT2D eigenvalue weighted by atomic mass is 10.0. The number of benzene rings is 2. The van der Waals surface area contributed by atoms with Crippen LogP contribution >= 0.6 is 0 Å². The van der Waals surface area contributed by atoms with Crippen LogP contribution in [-0.2, 0) is 0 Å². The van der Waals surface area contributed by atoms with E-state index in [1.165, 1.54) is 18.2 Å². The maximum Gasteiger partial charge on any atom is 0.338 e. The first-order chi connectivity index (χ1) is 10.6. The lowest BCUT2D eigenvalue weighted by Crippen LogP contribution is -2.02. The Labute approximate surface area is 128 Å². The smallest absolute Gasteiger partial charge is 0.338 e. The van der Waals surface area contributed by atoms with Gasteiger partial charge in [-0.2, -0.15) is 0 Å². The van der Waals surface area contributed by atoms with Crippen LogP contribution in [-0.4, -0.2) is 24.3 Å². The predicted octanol–water partition coefficient (Wildman–Crippen LogP) is 3.79. The molecule has 0 aliphatic carbocycles. The van der Waals surface area contributed by atoms with Gasteiger partial charge in [0.2, 0.25) is 0 Å². The van der Waals surface area contributed by atoms with Crippen LogP contribution in [0.5, 0.6) is 11.5 Å². The Hall–Kier alpha value is -2.56. The van der Waals surface area contributed by atoms with Crippen molar-refractivity contribution in [2.45, 2.75) is 13.8 Å². The van der Waals surface area contributed by atoms with Crippen molar-refractivity contribution in [1.82, 2.24) is 0 Å². The highest BCUT2D eigenvalue weighted by Crippen LogP contribution is 2.39. The summed E-state index contributed by atoms with van der Waals surface area (Å²) in [5.41, 5.74) is 0.698. The second-order valence-electron chi connectivity index (χ2n) is 4.42. The van der Waals surface area contributed by atoms with E-state index in [1.54, 1.807) is 12.1 Å². The van der Waals surface area contributed by atoms with E-state index in [-0.39, 0.29) is 5.56 Å². The molecule has 0 aliphatic heterocycles. The minimum Gasteiger partial charge on any atom is -0.493 e. The Morgan fingerprint density at radius 1 is 1.18 bits per heavy atom. The molecular weight excluding hydrogens is 287 g/mol. The van der Waals surface area contributed by atoms with Crippen molar-refractivity contribution in [1.29, 1.82) is 0 Å². The first kappa shape index (κ1) is 15.8. The molecular formula is C17H16FO4. The average molecular weight is 303 g/mol. The molecule has 4 nitrogen and oxygen atoms in total. The summed E-state index contributed by atoms with van der Waals surface area (Å²) in [5, 5.41) is 8.91. The fourth-order valence-corrected chi connectivity index (χ4v) is 2.13. The van der Waals surface area contributed by atoms with Gasteiger partial charge in [0.15, 0.2) is 0 Å².